The Hall–Kier alpha value is 1.54. The van der Waals surface area contributed by atoms with Crippen LogP contribution in [0.3, 0.4) is 0 Å². The molecule has 0 amide bonds. The van der Waals surface area contributed by atoms with E-state index in [1.54, 1.807) is 6.08 Å². The van der Waals surface area contributed by atoms with Crippen LogP contribution in [0.4, 0.5) is 0 Å². The molecule has 0 aromatic rings. The summed E-state index contributed by atoms with van der Waals surface area (Å²) in [6.45, 7) is 4.07. The monoisotopic (exact) mass is 494 g/mol. The molecule has 3 saturated carbocycles. The normalized spacial score (nSPS) is 48.0. The summed E-state index contributed by atoms with van der Waals surface area (Å²) in [6.07, 6.45) is 4.27. The van der Waals surface area contributed by atoms with Crippen LogP contribution in [0.5, 0.6) is 0 Å². The maximum absolute atomic E-state index is 12.3. The van der Waals surface area contributed by atoms with Crippen molar-refractivity contribution in [3.05, 3.63) is 11.6 Å². The van der Waals surface area contributed by atoms with Gasteiger partial charge in [0, 0.05) is 41.0 Å². The van der Waals surface area contributed by atoms with Crippen molar-refractivity contribution in [1.29, 1.82) is 0 Å². The van der Waals surface area contributed by atoms with Crippen molar-refractivity contribution in [2.75, 3.05) is 0 Å². The summed E-state index contributed by atoms with van der Waals surface area (Å²) in [5.41, 5.74) is -2.00. The number of carbonyl (C=O) groups excluding carboxylic acids is 3. The van der Waals surface area contributed by atoms with Gasteiger partial charge in [-0.05, 0) is 56.9 Å². The summed E-state index contributed by atoms with van der Waals surface area (Å²) in [4.78, 5) is 35.4. The van der Waals surface area contributed by atoms with Gasteiger partial charge in [-0.1, -0.05) is 19.4 Å². The van der Waals surface area contributed by atoms with Crippen molar-refractivity contribution in [3.63, 3.8) is 0 Å². The van der Waals surface area contributed by atoms with Gasteiger partial charge in [0.1, 0.15) is 5.60 Å². The van der Waals surface area contributed by atoms with E-state index >= 15 is 0 Å². The van der Waals surface area contributed by atoms with E-state index in [2.05, 4.69) is 6.92 Å². The molecular weight excluding hydrogens is 466 g/mol. The molecule has 0 aromatic carbocycles. The molecule has 0 radical (unpaired) electrons. The van der Waals surface area contributed by atoms with Crippen LogP contribution < -0.4 is 113 Å². The van der Waals surface area contributed by atoms with Crippen LogP contribution in [0.2, 0.25) is 0 Å². The zero-order chi connectivity index (χ0) is 21.7. The molecule has 9 heteroatoms. The van der Waals surface area contributed by atoms with Gasteiger partial charge in [-0.25, -0.2) is 0 Å². The van der Waals surface area contributed by atoms with Crippen LogP contribution in [-0.4, -0.2) is 40.1 Å². The van der Waals surface area contributed by atoms with Gasteiger partial charge in [0.05, 0.1) is 11.7 Å². The Labute approximate surface area is 273 Å². The van der Waals surface area contributed by atoms with Crippen LogP contribution in [0.15, 0.2) is 11.6 Å². The number of rotatable bonds is 4. The zero-order valence-corrected chi connectivity index (χ0v) is 25.7. The van der Waals surface area contributed by atoms with Crippen LogP contribution >= 0.6 is 0 Å². The van der Waals surface area contributed by atoms with Crippen molar-refractivity contribution in [1.82, 2.24) is 0 Å². The quantitative estimate of drug-likeness (QED) is 0.304. The second-order valence-electron chi connectivity index (χ2n) is 10.7. The van der Waals surface area contributed by atoms with Gasteiger partial charge in [0.25, 0.3) is 0 Å². The van der Waals surface area contributed by atoms with Gasteiger partial charge < -0.3 is 29.6 Å². The number of ketones is 1. The summed E-state index contributed by atoms with van der Waals surface area (Å²) in [5, 5.41) is 34.8. The average Bonchev–Trinajstić information content (AvgIpc) is 3.32. The molecule has 1 heterocycles. The maximum atomic E-state index is 12.3. The Morgan fingerprint density at radius 3 is 2.53 bits per heavy atom. The fraction of sp³-hybridized carbons (Fsp3) is 0.783. The predicted molar refractivity (Wildman–Crippen MR) is 99.3 cm³/mol. The Morgan fingerprint density at radius 2 is 1.91 bits per heavy atom. The molecule has 1 saturated heterocycles. The third kappa shape index (κ3) is 3.67. The Kier molecular flexibility index (Phi) is 8.03. The first kappa shape index (κ1) is 28.1. The van der Waals surface area contributed by atoms with Crippen molar-refractivity contribution in [2.24, 2.45) is 28.6 Å². The van der Waals surface area contributed by atoms with Crippen LogP contribution in [0.25, 0.3) is 0 Å². The zero-order valence-electron chi connectivity index (χ0n) is 19.4. The van der Waals surface area contributed by atoms with Crippen LogP contribution in [0.1, 0.15) is 65.2 Å². The molecule has 32 heavy (non-hydrogen) atoms. The molecule has 1 spiro atoms. The summed E-state index contributed by atoms with van der Waals surface area (Å²) in [7, 11) is 0. The third-order valence-corrected chi connectivity index (χ3v) is 9.74. The van der Waals surface area contributed by atoms with E-state index < -0.39 is 39.9 Å². The van der Waals surface area contributed by atoms with Gasteiger partial charge in [-0.2, -0.15) is 0 Å². The van der Waals surface area contributed by atoms with Gasteiger partial charge >= 0.3 is 103 Å². The second-order valence-corrected chi connectivity index (χ2v) is 10.7. The molecule has 5 rings (SSSR count). The number of hydrogen-bond acceptors (Lipinski definition) is 7. The molecule has 7 nitrogen and oxygen atoms in total. The van der Waals surface area contributed by atoms with Crippen molar-refractivity contribution in [3.8, 4) is 0 Å². The van der Waals surface area contributed by atoms with Gasteiger partial charge in [-0.3, -0.25) is 4.79 Å². The number of hydrogen-bond donors (Lipinski definition) is 1. The molecular formula is C23H28K2O7. The van der Waals surface area contributed by atoms with E-state index in [0.29, 0.717) is 32.1 Å². The standard InChI is InChI=1S/C23H30O7.2K/c1-20-6-3-13(24)9-12(20)10-14(19(27)28)18-15-4-7-22(29,8-5-17(25)26)21(15,2)11-16-23(18,20)30-16;;/h9,14-16,18,29H,3-8,10-11H2,1-2H3,(H,25,26)(H,27,28);;/q;2*+1/p-2/t14-,15?,16+,18?,20+,21+,22-,23-;;/m1../s1. The topological polar surface area (TPSA) is 130 Å². The maximum Gasteiger partial charge on any atom is 1.00 e. The molecule has 1 N–H and O–H groups in total. The van der Waals surface area contributed by atoms with Crippen molar-refractivity contribution in [2.45, 2.75) is 82.5 Å². The molecule has 164 valence electrons. The molecule has 1 aliphatic heterocycles. The van der Waals surface area contributed by atoms with Crippen molar-refractivity contribution >= 4 is 17.7 Å². The average molecular weight is 495 g/mol. The number of ether oxygens (including phenoxy) is 1. The Balaban J connectivity index is 0.00000144. The summed E-state index contributed by atoms with van der Waals surface area (Å²) < 4.78 is 6.40. The first-order valence-electron chi connectivity index (χ1n) is 11.0. The van der Waals surface area contributed by atoms with Crippen LogP contribution in [0, 0.1) is 28.6 Å². The number of carboxylic acids is 2. The fourth-order valence-electron chi connectivity index (χ4n) is 8.07. The van der Waals surface area contributed by atoms with Gasteiger partial charge in [0.2, 0.25) is 0 Å². The van der Waals surface area contributed by atoms with E-state index in [4.69, 9.17) is 4.74 Å². The number of aliphatic hydroxyl groups is 1. The molecule has 0 bridgehead atoms. The summed E-state index contributed by atoms with van der Waals surface area (Å²) >= 11 is 0. The molecule has 5 aliphatic rings. The first-order valence-corrected chi connectivity index (χ1v) is 11.0. The number of carboxylic acid groups (broad SMARTS) is 2. The minimum absolute atomic E-state index is 0. The Bertz CT molecular complexity index is 890. The van der Waals surface area contributed by atoms with E-state index in [0.717, 1.165) is 5.57 Å². The van der Waals surface area contributed by atoms with Gasteiger partial charge in [-0.15, -0.1) is 0 Å². The molecule has 4 fully saturated rings. The molecule has 0 aromatic heterocycles. The number of fused-ring (bicyclic) bond motifs is 3. The van der Waals surface area contributed by atoms with E-state index in [1.807, 2.05) is 6.92 Å². The second kappa shape index (κ2) is 9.13. The number of epoxide rings is 1. The summed E-state index contributed by atoms with van der Waals surface area (Å²) in [5.74, 6) is -3.51. The predicted octanol–water partition coefficient (Wildman–Crippen LogP) is -6.11. The minimum Gasteiger partial charge on any atom is -0.550 e. The molecule has 4 aliphatic carbocycles. The largest absolute Gasteiger partial charge is 1.00 e. The first-order chi connectivity index (χ1) is 14.0. The van der Waals surface area contributed by atoms with Crippen molar-refractivity contribution < 1.29 is 137 Å². The third-order valence-electron chi connectivity index (χ3n) is 9.74. The molecule has 2 unspecified atom stereocenters. The van der Waals surface area contributed by atoms with E-state index in [-0.39, 0.29) is 146 Å². The van der Waals surface area contributed by atoms with Crippen LogP contribution in [-0.2, 0) is 19.1 Å². The summed E-state index contributed by atoms with van der Waals surface area (Å²) in [6, 6.07) is 0. The van der Waals surface area contributed by atoms with E-state index in [9.17, 15) is 29.7 Å². The number of aliphatic carboxylic acids is 2. The Morgan fingerprint density at radius 1 is 1.22 bits per heavy atom. The fourth-order valence-corrected chi connectivity index (χ4v) is 8.07. The van der Waals surface area contributed by atoms with E-state index in [1.165, 1.54) is 0 Å². The van der Waals surface area contributed by atoms with Gasteiger partial charge in [0.15, 0.2) is 5.78 Å². The minimum atomic E-state index is -1.19. The molecule has 8 atom stereocenters. The number of carbonyl (C=O) groups is 3. The SMILES string of the molecule is C[C@]12CCC(=O)C=C1C[C@@H](C(=O)[O-])C1C3CC[C@@](O)(CCC(=O)[O-])[C@@]3(C)C[C@@H]3O[C@@]132.[K+].[K+]. The smallest absolute Gasteiger partial charge is 0.550 e.